The van der Waals surface area contributed by atoms with Crippen LogP contribution in [0.3, 0.4) is 0 Å². The van der Waals surface area contributed by atoms with Crippen LogP contribution in [0.15, 0.2) is 24.3 Å². The van der Waals surface area contributed by atoms with Crippen molar-refractivity contribution in [3.05, 3.63) is 24.3 Å². The van der Waals surface area contributed by atoms with Crippen LogP contribution in [0.25, 0.3) is 0 Å². The number of aliphatic carboxylic acids is 1. The Hall–Kier alpha value is -2.08. The number of hydrogen-bond acceptors (Lipinski definition) is 4. The fraction of sp³-hybridized carbons (Fsp3) is 0.467. The number of fused-ring (bicyclic) bond motifs is 1. The predicted octanol–water partition coefficient (Wildman–Crippen LogP) is 1.24. The number of para-hydroxylation sites is 2. The Morgan fingerprint density at radius 3 is 2.57 bits per heavy atom. The number of carbonyl (C=O) groups is 2. The molecule has 2 unspecified atom stereocenters. The summed E-state index contributed by atoms with van der Waals surface area (Å²) in [4.78, 5) is 25.2. The van der Waals surface area contributed by atoms with Crippen molar-refractivity contribution >= 4 is 17.6 Å². The maximum Gasteiger partial charge on any atom is 0.346 e. The van der Waals surface area contributed by atoms with Gasteiger partial charge >= 0.3 is 5.97 Å². The number of anilines is 1. The quantitative estimate of drug-likeness (QED) is 0.855. The van der Waals surface area contributed by atoms with Crippen LogP contribution in [0.5, 0.6) is 5.75 Å². The minimum Gasteiger partial charge on any atom is -0.478 e. The lowest BCUT2D eigenvalue weighted by Gasteiger charge is -2.37. The van der Waals surface area contributed by atoms with Crippen LogP contribution < -0.4 is 15.4 Å². The minimum absolute atomic E-state index is 0.0467. The molecule has 0 aliphatic carbocycles. The van der Waals surface area contributed by atoms with Crippen molar-refractivity contribution in [2.45, 2.75) is 32.9 Å². The molecule has 114 valence electrons. The zero-order valence-corrected chi connectivity index (χ0v) is 12.4. The first-order chi connectivity index (χ1) is 9.71. The van der Waals surface area contributed by atoms with E-state index in [1.807, 2.05) is 20.8 Å². The lowest BCUT2D eigenvalue weighted by Crippen LogP contribution is -2.55. The number of nitrogens with two attached hydrogens (primary N) is 1. The first-order valence-electron chi connectivity index (χ1n) is 6.77. The molecule has 6 heteroatoms. The van der Waals surface area contributed by atoms with E-state index >= 15 is 0 Å². The summed E-state index contributed by atoms with van der Waals surface area (Å²) < 4.78 is 5.40. The Morgan fingerprint density at radius 2 is 2.00 bits per heavy atom. The fourth-order valence-electron chi connectivity index (χ4n) is 2.11. The highest BCUT2D eigenvalue weighted by Crippen LogP contribution is 2.34. The molecule has 21 heavy (non-hydrogen) atoms. The smallest absolute Gasteiger partial charge is 0.346 e. The molecule has 1 aliphatic heterocycles. The van der Waals surface area contributed by atoms with E-state index in [2.05, 4.69) is 0 Å². The summed E-state index contributed by atoms with van der Waals surface area (Å²) in [5, 5.41) is 9.17. The fourth-order valence-corrected chi connectivity index (χ4v) is 2.11. The van der Waals surface area contributed by atoms with E-state index in [4.69, 9.17) is 15.6 Å². The number of rotatable bonds is 2. The van der Waals surface area contributed by atoms with Crippen LogP contribution in [0.4, 0.5) is 5.69 Å². The molecule has 3 N–H and O–H groups in total. The molecule has 1 aliphatic rings. The summed E-state index contributed by atoms with van der Waals surface area (Å²) in [6, 6.07) is 6.15. The normalized spacial score (nSPS) is 19.4. The van der Waals surface area contributed by atoms with E-state index < -0.39 is 23.5 Å². The van der Waals surface area contributed by atoms with Crippen molar-refractivity contribution in [3.63, 3.8) is 0 Å². The number of carboxylic acids is 1. The SMILES string of the molecule is CC(C)(C)C(N)C(=O)N1CC(C(=O)O)Oc2ccccc21. The van der Waals surface area contributed by atoms with E-state index in [1.54, 1.807) is 24.3 Å². The molecule has 1 aromatic rings. The van der Waals surface area contributed by atoms with E-state index in [9.17, 15) is 9.59 Å². The predicted molar refractivity (Wildman–Crippen MR) is 78.3 cm³/mol. The molecule has 0 saturated heterocycles. The molecule has 0 spiro atoms. The molecule has 0 fully saturated rings. The third-order valence-corrected chi connectivity index (χ3v) is 3.51. The number of benzene rings is 1. The van der Waals surface area contributed by atoms with Crippen molar-refractivity contribution in [3.8, 4) is 5.75 Å². The topological polar surface area (TPSA) is 92.9 Å². The van der Waals surface area contributed by atoms with E-state index in [1.165, 1.54) is 4.90 Å². The molecule has 0 radical (unpaired) electrons. The van der Waals surface area contributed by atoms with Crippen LogP contribution in [0.2, 0.25) is 0 Å². The number of carbonyl (C=O) groups excluding carboxylic acids is 1. The highest BCUT2D eigenvalue weighted by molar-refractivity contribution is 6.00. The largest absolute Gasteiger partial charge is 0.478 e. The molecular formula is C15H20N2O4. The summed E-state index contributed by atoms with van der Waals surface area (Å²) in [6.45, 7) is 5.57. The van der Waals surface area contributed by atoms with Crippen molar-refractivity contribution in [2.24, 2.45) is 11.1 Å². The van der Waals surface area contributed by atoms with E-state index in [0.717, 1.165) is 0 Å². The van der Waals surface area contributed by atoms with Gasteiger partial charge in [-0.2, -0.15) is 0 Å². The van der Waals surface area contributed by atoms with Gasteiger partial charge in [-0.15, -0.1) is 0 Å². The Bertz CT molecular complexity index is 565. The van der Waals surface area contributed by atoms with Gasteiger partial charge in [0.05, 0.1) is 18.3 Å². The number of hydrogen-bond donors (Lipinski definition) is 2. The van der Waals surface area contributed by atoms with Gasteiger partial charge in [0.15, 0.2) is 0 Å². The summed E-state index contributed by atoms with van der Waals surface area (Å²) in [5.41, 5.74) is 6.17. The molecule has 6 nitrogen and oxygen atoms in total. The van der Waals surface area contributed by atoms with Crippen LogP contribution in [-0.4, -0.2) is 35.7 Å². The number of amides is 1. The van der Waals surface area contributed by atoms with Gasteiger partial charge in [-0.05, 0) is 17.5 Å². The van der Waals surface area contributed by atoms with Crippen LogP contribution in [0, 0.1) is 5.41 Å². The van der Waals surface area contributed by atoms with Crippen LogP contribution in [0.1, 0.15) is 20.8 Å². The molecular weight excluding hydrogens is 272 g/mol. The Labute approximate surface area is 123 Å². The number of carboxylic acid groups (broad SMARTS) is 1. The van der Waals surface area contributed by atoms with E-state index in [0.29, 0.717) is 11.4 Å². The second-order valence-corrected chi connectivity index (χ2v) is 6.20. The molecule has 2 rings (SSSR count). The highest BCUT2D eigenvalue weighted by atomic mass is 16.5. The zero-order valence-electron chi connectivity index (χ0n) is 12.4. The average molecular weight is 292 g/mol. The minimum atomic E-state index is -1.10. The van der Waals surface area contributed by atoms with E-state index in [-0.39, 0.29) is 12.5 Å². The molecule has 1 heterocycles. The second kappa shape index (κ2) is 5.37. The van der Waals surface area contributed by atoms with Crippen molar-refractivity contribution in [2.75, 3.05) is 11.4 Å². The lowest BCUT2D eigenvalue weighted by molar-refractivity contribution is -0.145. The van der Waals surface area contributed by atoms with Crippen molar-refractivity contribution < 1.29 is 19.4 Å². The first kappa shape index (κ1) is 15.3. The van der Waals surface area contributed by atoms with Crippen molar-refractivity contribution in [1.82, 2.24) is 0 Å². The summed E-state index contributed by atoms with van der Waals surface area (Å²) in [6.07, 6.45) is -1.09. The molecule has 2 atom stereocenters. The third kappa shape index (κ3) is 3.00. The third-order valence-electron chi connectivity index (χ3n) is 3.51. The van der Waals surface area contributed by atoms with Gasteiger partial charge in [-0.25, -0.2) is 4.79 Å². The van der Waals surface area contributed by atoms with Gasteiger partial charge in [0.1, 0.15) is 5.75 Å². The zero-order chi connectivity index (χ0) is 15.8. The molecule has 1 aromatic carbocycles. The first-order valence-corrected chi connectivity index (χ1v) is 6.77. The monoisotopic (exact) mass is 292 g/mol. The Kier molecular flexibility index (Phi) is 3.91. The van der Waals surface area contributed by atoms with Crippen LogP contribution in [-0.2, 0) is 9.59 Å². The van der Waals surface area contributed by atoms with Crippen molar-refractivity contribution in [1.29, 1.82) is 0 Å². The van der Waals surface area contributed by atoms with Gasteiger partial charge in [-0.3, -0.25) is 4.79 Å². The van der Waals surface area contributed by atoms with Gasteiger partial charge < -0.3 is 20.5 Å². The lowest BCUT2D eigenvalue weighted by atomic mass is 9.86. The van der Waals surface area contributed by atoms with Gasteiger partial charge in [-0.1, -0.05) is 32.9 Å². The molecule has 0 bridgehead atoms. The molecule has 1 amide bonds. The average Bonchev–Trinajstić information content (AvgIpc) is 2.43. The maximum atomic E-state index is 12.6. The van der Waals surface area contributed by atoms with Crippen LogP contribution >= 0.6 is 0 Å². The second-order valence-electron chi connectivity index (χ2n) is 6.20. The number of ether oxygens (including phenoxy) is 1. The Balaban J connectivity index is 2.38. The maximum absolute atomic E-state index is 12.6. The summed E-state index contributed by atoms with van der Waals surface area (Å²) in [5.74, 6) is -1.03. The highest BCUT2D eigenvalue weighted by Gasteiger charge is 2.38. The Morgan fingerprint density at radius 1 is 1.38 bits per heavy atom. The summed E-state index contributed by atoms with van der Waals surface area (Å²) in [7, 11) is 0. The number of nitrogens with zero attached hydrogens (tertiary/aromatic N) is 1. The van der Waals surface area contributed by atoms with Gasteiger partial charge in [0.2, 0.25) is 12.0 Å². The molecule has 0 aromatic heterocycles. The summed E-state index contributed by atoms with van der Waals surface area (Å²) >= 11 is 0. The van der Waals surface area contributed by atoms with Gasteiger partial charge in [0.25, 0.3) is 0 Å². The molecule has 0 saturated carbocycles. The standard InChI is InChI=1S/C15H20N2O4/c1-15(2,3)12(16)13(18)17-8-11(14(19)20)21-10-7-5-4-6-9(10)17/h4-7,11-12H,8,16H2,1-3H3,(H,19,20). The van der Waals surface area contributed by atoms with Gasteiger partial charge in [0, 0.05) is 0 Å².